The van der Waals surface area contributed by atoms with Crippen molar-refractivity contribution in [1.29, 1.82) is 0 Å². The molecule has 0 saturated carbocycles. The first-order chi connectivity index (χ1) is 10.5. The van der Waals surface area contributed by atoms with Gasteiger partial charge in [0.25, 0.3) is 0 Å². The molecule has 0 aliphatic carbocycles. The van der Waals surface area contributed by atoms with E-state index < -0.39 is 12.0 Å². The van der Waals surface area contributed by atoms with E-state index >= 15 is 0 Å². The molecule has 0 bridgehead atoms. The van der Waals surface area contributed by atoms with Gasteiger partial charge in [-0.3, -0.25) is 4.79 Å². The molecule has 2 N–H and O–H groups in total. The van der Waals surface area contributed by atoms with Gasteiger partial charge >= 0.3 is 5.97 Å². The third kappa shape index (κ3) is 4.71. The average Bonchev–Trinajstić information content (AvgIpc) is 2.86. The van der Waals surface area contributed by atoms with Gasteiger partial charge in [-0.05, 0) is 24.5 Å². The zero-order valence-electron chi connectivity index (χ0n) is 12.4. The topological polar surface area (TPSA) is 79.3 Å². The van der Waals surface area contributed by atoms with E-state index in [1.807, 2.05) is 38.1 Å². The molecule has 2 rings (SSSR count). The Hall–Kier alpha value is -1.60. The Kier molecular flexibility index (Phi) is 5.79. The van der Waals surface area contributed by atoms with Gasteiger partial charge in [-0.2, -0.15) is 0 Å². The standard InChI is InChI=1S/C15H18N2O3S2/c1-9(2)7-11(14(19)20)16-13(18)8-21-15-17-10-5-3-4-6-12(10)22-15/h3-6,9,11H,7-8H2,1-2H3,(H,16,18)(H,19,20)/t11-/m1/s1. The molecule has 0 unspecified atom stereocenters. The molecular weight excluding hydrogens is 320 g/mol. The lowest BCUT2D eigenvalue weighted by Crippen LogP contribution is -2.42. The number of aliphatic carboxylic acids is 1. The Bertz CT molecular complexity index is 637. The summed E-state index contributed by atoms with van der Waals surface area (Å²) in [5.74, 6) is -0.899. The fourth-order valence-electron chi connectivity index (χ4n) is 1.97. The van der Waals surface area contributed by atoms with Crippen molar-refractivity contribution < 1.29 is 14.7 Å². The van der Waals surface area contributed by atoms with Crippen LogP contribution in [0.3, 0.4) is 0 Å². The minimum Gasteiger partial charge on any atom is -0.480 e. The van der Waals surface area contributed by atoms with Crippen LogP contribution in [0.5, 0.6) is 0 Å². The Balaban J connectivity index is 1.90. The molecule has 0 radical (unpaired) electrons. The molecule has 1 amide bonds. The molecule has 0 aliphatic heterocycles. The van der Waals surface area contributed by atoms with E-state index in [1.165, 1.54) is 23.1 Å². The highest BCUT2D eigenvalue weighted by molar-refractivity contribution is 8.01. The molecule has 22 heavy (non-hydrogen) atoms. The maximum absolute atomic E-state index is 11.9. The molecule has 0 saturated heterocycles. The zero-order valence-corrected chi connectivity index (χ0v) is 14.0. The summed E-state index contributed by atoms with van der Waals surface area (Å²) >= 11 is 2.86. The van der Waals surface area contributed by atoms with E-state index in [4.69, 9.17) is 5.11 Å². The minimum atomic E-state index is -0.993. The summed E-state index contributed by atoms with van der Waals surface area (Å²) < 4.78 is 1.89. The summed E-state index contributed by atoms with van der Waals surface area (Å²) in [4.78, 5) is 27.5. The number of amides is 1. The minimum absolute atomic E-state index is 0.168. The highest BCUT2D eigenvalue weighted by Crippen LogP contribution is 2.29. The smallest absolute Gasteiger partial charge is 0.326 e. The molecule has 1 atom stereocenters. The largest absolute Gasteiger partial charge is 0.480 e. The molecule has 1 aromatic heterocycles. The van der Waals surface area contributed by atoms with E-state index in [9.17, 15) is 9.59 Å². The van der Waals surface area contributed by atoms with Crippen LogP contribution in [0.4, 0.5) is 0 Å². The number of carbonyl (C=O) groups is 2. The number of hydrogen-bond donors (Lipinski definition) is 2. The van der Waals surface area contributed by atoms with Crippen LogP contribution >= 0.6 is 23.1 Å². The third-order valence-electron chi connectivity index (χ3n) is 2.94. The summed E-state index contributed by atoms with van der Waals surface area (Å²) in [6.45, 7) is 3.86. The van der Waals surface area contributed by atoms with E-state index in [0.29, 0.717) is 6.42 Å². The summed E-state index contributed by atoms with van der Waals surface area (Å²) in [5, 5.41) is 11.7. The van der Waals surface area contributed by atoms with Gasteiger partial charge in [0, 0.05) is 0 Å². The lowest BCUT2D eigenvalue weighted by molar-refractivity contribution is -0.141. The quantitative estimate of drug-likeness (QED) is 0.759. The summed E-state index contributed by atoms with van der Waals surface area (Å²) in [5.41, 5.74) is 0.915. The van der Waals surface area contributed by atoms with Crippen LogP contribution in [0, 0.1) is 5.92 Å². The number of nitrogens with one attached hydrogen (secondary N) is 1. The second-order valence-electron chi connectivity index (χ2n) is 5.32. The number of carbonyl (C=O) groups excluding carboxylic acids is 1. The van der Waals surface area contributed by atoms with E-state index in [1.54, 1.807) is 0 Å². The molecule has 5 nitrogen and oxygen atoms in total. The first kappa shape index (κ1) is 16.8. The second kappa shape index (κ2) is 7.60. The fraction of sp³-hybridized carbons (Fsp3) is 0.400. The van der Waals surface area contributed by atoms with Gasteiger partial charge in [-0.25, -0.2) is 9.78 Å². The summed E-state index contributed by atoms with van der Waals surface area (Å²) in [7, 11) is 0. The van der Waals surface area contributed by atoms with Crippen molar-refractivity contribution in [3.8, 4) is 0 Å². The normalized spacial score (nSPS) is 12.5. The van der Waals surface area contributed by atoms with Gasteiger partial charge in [0.2, 0.25) is 5.91 Å². The van der Waals surface area contributed by atoms with E-state index in [0.717, 1.165) is 14.6 Å². The Labute approximate surface area is 137 Å². The maximum Gasteiger partial charge on any atom is 0.326 e. The van der Waals surface area contributed by atoms with Crippen LogP contribution in [0.25, 0.3) is 10.2 Å². The maximum atomic E-state index is 11.9. The van der Waals surface area contributed by atoms with Crippen molar-refractivity contribution in [2.24, 2.45) is 5.92 Å². The number of thioether (sulfide) groups is 1. The summed E-state index contributed by atoms with van der Waals surface area (Å²) in [6.07, 6.45) is 0.423. The predicted octanol–water partition coefficient (Wildman–Crippen LogP) is 3.00. The first-order valence-electron chi connectivity index (χ1n) is 6.96. The number of hydrogen-bond acceptors (Lipinski definition) is 5. The lowest BCUT2D eigenvalue weighted by atomic mass is 10.0. The zero-order chi connectivity index (χ0) is 16.1. The number of carboxylic acid groups (broad SMARTS) is 1. The van der Waals surface area contributed by atoms with Crippen LogP contribution in [-0.2, 0) is 9.59 Å². The van der Waals surface area contributed by atoms with Crippen LogP contribution in [0.1, 0.15) is 20.3 Å². The number of fused-ring (bicyclic) bond motifs is 1. The molecule has 0 aliphatic rings. The van der Waals surface area contributed by atoms with E-state index in [-0.39, 0.29) is 17.6 Å². The number of thiazole rings is 1. The Morgan fingerprint density at radius 2 is 2.09 bits per heavy atom. The molecule has 7 heteroatoms. The number of rotatable bonds is 7. The van der Waals surface area contributed by atoms with Gasteiger partial charge in [0.05, 0.1) is 16.0 Å². The molecule has 0 spiro atoms. The molecule has 2 aromatic rings. The number of aromatic nitrogens is 1. The van der Waals surface area contributed by atoms with Gasteiger partial charge in [0.15, 0.2) is 4.34 Å². The first-order valence-corrected chi connectivity index (χ1v) is 8.76. The lowest BCUT2D eigenvalue weighted by Gasteiger charge is -2.16. The number of para-hydroxylation sites is 1. The number of benzene rings is 1. The highest BCUT2D eigenvalue weighted by Gasteiger charge is 2.21. The molecule has 0 fully saturated rings. The number of nitrogens with zero attached hydrogens (tertiary/aromatic N) is 1. The Morgan fingerprint density at radius 3 is 2.73 bits per heavy atom. The average molecular weight is 338 g/mol. The van der Waals surface area contributed by atoms with Gasteiger partial charge in [0.1, 0.15) is 6.04 Å². The monoisotopic (exact) mass is 338 g/mol. The van der Waals surface area contributed by atoms with E-state index in [2.05, 4.69) is 10.3 Å². The van der Waals surface area contributed by atoms with Crippen molar-refractivity contribution >= 4 is 45.2 Å². The van der Waals surface area contributed by atoms with Crippen LogP contribution in [-0.4, -0.2) is 33.8 Å². The van der Waals surface area contributed by atoms with Crippen molar-refractivity contribution in [3.63, 3.8) is 0 Å². The Morgan fingerprint density at radius 1 is 1.36 bits per heavy atom. The fourth-order valence-corrected chi connectivity index (χ4v) is 3.85. The number of carboxylic acids is 1. The van der Waals surface area contributed by atoms with Gasteiger partial charge in [-0.1, -0.05) is 37.7 Å². The van der Waals surface area contributed by atoms with Crippen molar-refractivity contribution in [3.05, 3.63) is 24.3 Å². The molecule has 118 valence electrons. The van der Waals surface area contributed by atoms with Crippen molar-refractivity contribution in [2.45, 2.75) is 30.6 Å². The molecule has 1 heterocycles. The SMILES string of the molecule is CC(C)C[C@@H](NC(=O)CSc1nc2ccccc2s1)C(=O)O. The van der Waals surface area contributed by atoms with Crippen molar-refractivity contribution in [1.82, 2.24) is 10.3 Å². The predicted molar refractivity (Wildman–Crippen MR) is 89.4 cm³/mol. The van der Waals surface area contributed by atoms with Gasteiger partial charge in [-0.15, -0.1) is 11.3 Å². The van der Waals surface area contributed by atoms with Crippen LogP contribution in [0.2, 0.25) is 0 Å². The third-order valence-corrected chi connectivity index (χ3v) is 5.12. The molecule has 1 aromatic carbocycles. The molecular formula is C15H18N2O3S2. The second-order valence-corrected chi connectivity index (χ2v) is 7.58. The van der Waals surface area contributed by atoms with Crippen LogP contribution in [0.15, 0.2) is 28.6 Å². The van der Waals surface area contributed by atoms with Crippen LogP contribution < -0.4 is 5.32 Å². The van der Waals surface area contributed by atoms with Gasteiger partial charge < -0.3 is 10.4 Å². The highest BCUT2D eigenvalue weighted by atomic mass is 32.2. The van der Waals surface area contributed by atoms with Crippen molar-refractivity contribution in [2.75, 3.05) is 5.75 Å². The summed E-state index contributed by atoms with van der Waals surface area (Å²) in [6, 6.07) is 6.96.